The average molecular weight is 717 g/mol. The van der Waals surface area contributed by atoms with Crippen LogP contribution in [0.5, 0.6) is 17.2 Å². The van der Waals surface area contributed by atoms with Gasteiger partial charge < -0.3 is 43.7 Å². The molecule has 1 fully saturated rings. The van der Waals surface area contributed by atoms with Crippen molar-refractivity contribution >= 4 is 17.9 Å². The Morgan fingerprint density at radius 1 is 0.788 bits per heavy atom. The van der Waals surface area contributed by atoms with Crippen LogP contribution in [-0.2, 0) is 48.4 Å². The number of allylic oxidation sites excluding steroid dienone is 4. The Labute approximate surface area is 302 Å². The van der Waals surface area contributed by atoms with Crippen molar-refractivity contribution in [1.29, 1.82) is 0 Å². The molecule has 12 heteroatoms. The van der Waals surface area contributed by atoms with E-state index < -0.39 is 54.2 Å². The van der Waals surface area contributed by atoms with E-state index in [1.165, 1.54) is 43.5 Å². The van der Waals surface area contributed by atoms with Crippen molar-refractivity contribution in [3.05, 3.63) is 114 Å². The Bertz CT molecular complexity index is 1590. The summed E-state index contributed by atoms with van der Waals surface area (Å²) in [6.07, 6.45) is 2.14. The van der Waals surface area contributed by atoms with Crippen LogP contribution in [-0.4, -0.2) is 77.7 Å². The molecule has 2 aliphatic heterocycles. The number of carbonyl (C=O) groups is 3. The van der Waals surface area contributed by atoms with Gasteiger partial charge in [0.2, 0.25) is 0 Å². The summed E-state index contributed by atoms with van der Waals surface area (Å²) >= 11 is 0. The van der Waals surface area contributed by atoms with Crippen LogP contribution in [0.15, 0.2) is 97.1 Å². The Kier molecular flexibility index (Phi) is 13.1. The second-order valence-electron chi connectivity index (χ2n) is 12.4. The number of methoxy groups -OCH3 is 1. The highest BCUT2D eigenvalue weighted by atomic mass is 16.7. The maximum atomic E-state index is 13.3. The molecule has 1 saturated heterocycles. The highest BCUT2D eigenvalue weighted by Crippen LogP contribution is 2.43. The molecular formula is C40H44O12. The zero-order valence-electron chi connectivity index (χ0n) is 29.1. The van der Waals surface area contributed by atoms with Gasteiger partial charge in [-0.3, -0.25) is 14.4 Å². The van der Waals surface area contributed by atoms with Crippen molar-refractivity contribution in [1.82, 2.24) is 0 Å². The largest absolute Gasteiger partial charge is 0.508 e. The van der Waals surface area contributed by atoms with Crippen molar-refractivity contribution in [3.8, 4) is 17.2 Å². The van der Waals surface area contributed by atoms with Gasteiger partial charge in [-0.25, -0.2) is 0 Å². The first kappa shape index (κ1) is 38.1. The van der Waals surface area contributed by atoms with Gasteiger partial charge in [0, 0.05) is 26.4 Å². The monoisotopic (exact) mass is 716 g/mol. The van der Waals surface area contributed by atoms with Crippen LogP contribution >= 0.6 is 0 Å². The molecule has 0 amide bonds. The molecule has 0 aliphatic carbocycles. The van der Waals surface area contributed by atoms with Gasteiger partial charge in [-0.1, -0.05) is 60.7 Å². The van der Waals surface area contributed by atoms with Gasteiger partial charge in [-0.2, -0.15) is 0 Å². The van der Waals surface area contributed by atoms with Gasteiger partial charge in [0.05, 0.1) is 6.61 Å². The number of benzene rings is 3. The van der Waals surface area contributed by atoms with Crippen molar-refractivity contribution in [2.75, 3.05) is 13.7 Å². The summed E-state index contributed by atoms with van der Waals surface area (Å²) < 4.78 is 36.8. The molecule has 2 heterocycles. The molecule has 0 spiro atoms. The lowest BCUT2D eigenvalue weighted by molar-refractivity contribution is -0.306. The van der Waals surface area contributed by atoms with Crippen molar-refractivity contribution < 1.29 is 58.1 Å². The Hall–Kier alpha value is -5.17. The van der Waals surface area contributed by atoms with Crippen LogP contribution in [0.2, 0.25) is 0 Å². The summed E-state index contributed by atoms with van der Waals surface area (Å²) in [7, 11) is 1.35. The smallest absolute Gasteiger partial charge is 0.306 e. The lowest BCUT2D eigenvalue weighted by Gasteiger charge is -2.45. The van der Waals surface area contributed by atoms with Crippen molar-refractivity contribution in [2.24, 2.45) is 0 Å². The molecule has 0 saturated carbocycles. The number of aromatic hydroxyl groups is 3. The number of hydrogen-bond donors (Lipinski definition) is 3. The van der Waals surface area contributed by atoms with Crippen LogP contribution in [0.25, 0.3) is 0 Å². The number of phenolic OH excluding ortho intramolecular Hbond substituents is 3. The molecule has 0 unspecified atom stereocenters. The lowest BCUT2D eigenvalue weighted by Crippen LogP contribution is -2.63. The van der Waals surface area contributed by atoms with Crippen molar-refractivity contribution in [2.45, 2.75) is 81.8 Å². The molecule has 276 valence electrons. The lowest BCUT2D eigenvalue weighted by atomic mass is 9.79. The summed E-state index contributed by atoms with van der Waals surface area (Å²) in [6, 6.07) is 19.0. The van der Waals surface area contributed by atoms with Gasteiger partial charge in [0.1, 0.15) is 29.0 Å². The van der Waals surface area contributed by atoms with Crippen LogP contribution in [0, 0.1) is 0 Å². The number of phenols is 3. The number of rotatable bonds is 11. The third-order valence-electron chi connectivity index (χ3n) is 8.86. The fraction of sp³-hybridized carbons (Fsp3) is 0.375. The minimum Gasteiger partial charge on any atom is -0.508 e. The van der Waals surface area contributed by atoms with E-state index in [-0.39, 0.29) is 43.1 Å². The Morgan fingerprint density at radius 2 is 1.27 bits per heavy atom. The summed E-state index contributed by atoms with van der Waals surface area (Å²) in [5.74, 6) is -1.76. The van der Waals surface area contributed by atoms with Crippen molar-refractivity contribution in [3.63, 3.8) is 0 Å². The van der Waals surface area contributed by atoms with Crippen LogP contribution in [0.4, 0.5) is 0 Å². The summed E-state index contributed by atoms with van der Waals surface area (Å²) in [4.78, 5) is 39.5. The van der Waals surface area contributed by atoms with Gasteiger partial charge in [0.15, 0.2) is 24.6 Å². The van der Waals surface area contributed by atoms with E-state index in [0.717, 1.165) is 0 Å². The molecular weight excluding hydrogens is 672 g/mol. The van der Waals surface area contributed by atoms with E-state index in [1.54, 1.807) is 48.6 Å². The van der Waals surface area contributed by atoms with E-state index in [4.69, 9.17) is 28.4 Å². The van der Waals surface area contributed by atoms with Crippen LogP contribution in [0.3, 0.4) is 0 Å². The fourth-order valence-electron chi connectivity index (χ4n) is 6.29. The molecule has 3 aromatic carbocycles. The minimum atomic E-state index is -1.47. The molecule has 5 atom stereocenters. The standard InChI is InChI=1S/C40H44O12/c1-3-4-7-10-33(44)50-36-32(49-39(47-2)38-37(36)51-34(45)11-8-5-6-9-12-35(46)52-38)25-48-40(26-13-19-29(41)20-14-26,27-15-21-30(42)22-16-27)28-17-23-31(43)24-18-28/h3-6,13-24,32,36-39,41-43H,7-12,25H2,1-2H3/t32-,36+,37+,38-,39+/m1/s1. The van der Waals surface area contributed by atoms with E-state index in [0.29, 0.717) is 36.0 Å². The Morgan fingerprint density at radius 3 is 1.73 bits per heavy atom. The zero-order valence-corrected chi connectivity index (χ0v) is 29.1. The maximum Gasteiger partial charge on any atom is 0.306 e. The molecule has 3 aromatic rings. The van der Waals surface area contributed by atoms with E-state index in [1.807, 2.05) is 19.1 Å². The Balaban J connectivity index is 1.61. The number of ether oxygens (including phenoxy) is 6. The molecule has 0 bridgehead atoms. The third kappa shape index (κ3) is 9.19. The number of esters is 3. The average Bonchev–Trinajstić information content (AvgIpc) is 3.13. The van der Waals surface area contributed by atoms with Crippen LogP contribution in [0.1, 0.15) is 62.1 Å². The highest BCUT2D eigenvalue weighted by molar-refractivity contribution is 5.72. The first-order chi connectivity index (χ1) is 25.1. The number of fused-ring (bicyclic) bond motifs is 1. The predicted molar refractivity (Wildman–Crippen MR) is 187 cm³/mol. The van der Waals surface area contributed by atoms with Gasteiger partial charge in [-0.05, 0) is 79.3 Å². The normalized spacial score (nSPS) is 22.8. The van der Waals surface area contributed by atoms with E-state index in [2.05, 4.69) is 0 Å². The van der Waals surface area contributed by atoms with E-state index >= 15 is 0 Å². The SMILES string of the molecule is CC=CCCC(=O)O[C@@H]1[C@@H]2OC(=O)CCC=CCCC(=O)O[C@H]2[C@@H](OC)O[C@@H]1COC(c1ccc(O)cc1)(c1ccc(O)cc1)c1ccc(O)cc1. The summed E-state index contributed by atoms with van der Waals surface area (Å²) in [6.45, 7) is 1.52. The van der Waals surface area contributed by atoms with Gasteiger partial charge in [-0.15, -0.1) is 0 Å². The van der Waals surface area contributed by atoms with Gasteiger partial charge in [0.25, 0.3) is 0 Å². The van der Waals surface area contributed by atoms with E-state index in [9.17, 15) is 29.7 Å². The second kappa shape index (κ2) is 17.9. The molecule has 2 aliphatic rings. The minimum absolute atomic E-state index is 0.0104. The molecule has 5 rings (SSSR count). The topological polar surface area (TPSA) is 167 Å². The maximum absolute atomic E-state index is 13.3. The third-order valence-corrected chi connectivity index (χ3v) is 8.86. The zero-order chi connectivity index (χ0) is 37.1. The second-order valence-corrected chi connectivity index (χ2v) is 12.4. The van der Waals surface area contributed by atoms with Crippen LogP contribution < -0.4 is 0 Å². The highest BCUT2D eigenvalue weighted by Gasteiger charge is 2.53. The fourth-order valence-corrected chi connectivity index (χ4v) is 6.29. The molecule has 0 radical (unpaired) electrons. The number of hydrogen-bond acceptors (Lipinski definition) is 12. The molecule has 3 N–H and O–H groups in total. The summed E-state index contributed by atoms with van der Waals surface area (Å²) in [5, 5.41) is 30.6. The first-order valence-electron chi connectivity index (χ1n) is 17.2. The van der Waals surface area contributed by atoms with Gasteiger partial charge >= 0.3 is 17.9 Å². The quantitative estimate of drug-likeness (QED) is 0.0960. The molecule has 52 heavy (non-hydrogen) atoms. The first-order valence-corrected chi connectivity index (χ1v) is 17.2. The summed E-state index contributed by atoms with van der Waals surface area (Å²) in [5.41, 5.74) is 0.189. The molecule has 0 aromatic heterocycles. The molecule has 12 nitrogen and oxygen atoms in total. The number of carbonyl (C=O) groups excluding carboxylic acids is 3. The predicted octanol–water partition coefficient (Wildman–Crippen LogP) is 5.71.